The topological polar surface area (TPSA) is 9.72 Å². The molecular formula is C82H60BN3. The molecule has 0 amide bonds. The first-order valence-electron chi connectivity index (χ1n) is 30.0. The summed E-state index contributed by atoms with van der Waals surface area (Å²) in [5.74, 6) is 0. The van der Waals surface area contributed by atoms with Gasteiger partial charge in [-0.05, 0) is 186 Å². The second-order valence-electron chi connectivity index (χ2n) is 23.7. The zero-order valence-corrected chi connectivity index (χ0v) is 48.4. The van der Waals surface area contributed by atoms with Gasteiger partial charge in [0.2, 0.25) is 0 Å². The summed E-state index contributed by atoms with van der Waals surface area (Å²) in [4.78, 5) is 7.79. The highest BCUT2D eigenvalue weighted by atomic mass is 15.2. The average molecular weight is 1100 g/mol. The minimum Gasteiger partial charge on any atom is -0.376 e. The van der Waals surface area contributed by atoms with Gasteiger partial charge in [0.25, 0.3) is 0 Å². The molecule has 0 radical (unpaired) electrons. The van der Waals surface area contributed by atoms with Crippen molar-refractivity contribution in [3.8, 4) is 77.9 Å². The van der Waals surface area contributed by atoms with Crippen LogP contribution >= 0.6 is 0 Å². The third-order valence-electron chi connectivity index (χ3n) is 18.3. The minimum atomic E-state index is -0.292. The molecule has 4 heteroatoms. The first-order valence-corrected chi connectivity index (χ1v) is 30.0. The lowest BCUT2D eigenvalue weighted by molar-refractivity contribution is 0.660. The lowest BCUT2D eigenvalue weighted by atomic mass is 9.43. The van der Waals surface area contributed by atoms with E-state index in [9.17, 15) is 0 Å². The third-order valence-corrected chi connectivity index (χ3v) is 18.3. The van der Waals surface area contributed by atoms with Crippen LogP contribution in [0.2, 0.25) is 0 Å². The Hall–Kier alpha value is -10.7. The molecular weight excluding hydrogens is 1040 g/mol. The van der Waals surface area contributed by atoms with Gasteiger partial charge in [0.1, 0.15) is 0 Å². The Labute approximate surface area is 505 Å². The van der Waals surface area contributed by atoms with E-state index in [1.165, 1.54) is 117 Å². The van der Waals surface area contributed by atoms with Crippen molar-refractivity contribution >= 4 is 63.3 Å². The van der Waals surface area contributed by atoms with Crippen molar-refractivity contribution in [1.82, 2.24) is 0 Å². The molecule has 1 aliphatic carbocycles. The van der Waals surface area contributed by atoms with Crippen LogP contribution in [-0.2, 0) is 5.41 Å². The number of hydrogen-bond acceptors (Lipinski definition) is 3. The Balaban J connectivity index is 1.00. The summed E-state index contributed by atoms with van der Waals surface area (Å²) < 4.78 is 0. The molecule has 406 valence electrons. The van der Waals surface area contributed by atoms with Gasteiger partial charge in [0, 0.05) is 56.4 Å². The number of rotatable bonds is 10. The second-order valence-corrected chi connectivity index (χ2v) is 23.7. The van der Waals surface area contributed by atoms with E-state index >= 15 is 0 Å². The fraction of sp³-hybridized carbons (Fsp3) is 0.0488. The predicted octanol–water partition coefficient (Wildman–Crippen LogP) is 20.8. The van der Waals surface area contributed by atoms with Crippen molar-refractivity contribution in [2.45, 2.75) is 26.2 Å². The van der Waals surface area contributed by atoms with Crippen LogP contribution in [0.1, 0.15) is 30.5 Å². The minimum absolute atomic E-state index is 0.278. The molecule has 0 atom stereocenters. The largest absolute Gasteiger partial charge is 0.376 e. The Morgan fingerprint density at radius 1 is 0.326 bits per heavy atom. The highest BCUT2D eigenvalue weighted by Crippen LogP contribution is 2.59. The van der Waals surface area contributed by atoms with Crippen molar-refractivity contribution in [3.63, 3.8) is 0 Å². The lowest BCUT2D eigenvalue weighted by Gasteiger charge is -2.47. The van der Waals surface area contributed by atoms with Crippen LogP contribution in [0.25, 0.3) is 77.9 Å². The maximum atomic E-state index is 2.68. The predicted molar refractivity (Wildman–Crippen MR) is 364 cm³/mol. The van der Waals surface area contributed by atoms with Gasteiger partial charge < -0.3 is 14.6 Å². The fourth-order valence-corrected chi connectivity index (χ4v) is 14.2. The van der Waals surface area contributed by atoms with Crippen LogP contribution in [0.4, 0.5) is 45.5 Å². The highest BCUT2D eigenvalue weighted by Gasteiger charge is 2.50. The Bertz CT molecular complexity index is 4630. The molecule has 3 aliphatic rings. The zero-order chi connectivity index (χ0) is 57.5. The maximum Gasteiger partial charge on any atom is 0.333 e. The fourth-order valence-electron chi connectivity index (χ4n) is 14.2. The molecule has 16 rings (SSSR count). The molecule has 13 aromatic carbocycles. The van der Waals surface area contributed by atoms with E-state index in [2.05, 4.69) is 345 Å². The summed E-state index contributed by atoms with van der Waals surface area (Å²) in [6, 6.07) is 115. The van der Waals surface area contributed by atoms with E-state index < -0.39 is 0 Å². The Kier molecular flexibility index (Phi) is 12.2. The molecule has 0 bridgehead atoms. The summed E-state index contributed by atoms with van der Waals surface area (Å²) in [7, 11) is 0. The van der Waals surface area contributed by atoms with E-state index in [1.807, 2.05) is 0 Å². The molecule has 0 saturated carbocycles. The van der Waals surface area contributed by atoms with E-state index in [0.29, 0.717) is 0 Å². The van der Waals surface area contributed by atoms with E-state index in [-0.39, 0.29) is 12.3 Å². The van der Waals surface area contributed by atoms with E-state index in [1.54, 1.807) is 0 Å². The Morgan fingerprint density at radius 3 is 1.33 bits per heavy atom. The first kappa shape index (κ1) is 51.0. The van der Waals surface area contributed by atoms with Crippen molar-refractivity contribution in [2.75, 3.05) is 14.6 Å². The van der Waals surface area contributed by atoms with Gasteiger partial charge in [-0.15, -0.1) is 0 Å². The SMILES string of the molecule is Cc1cc(-c2ccccc2)ccc1N1c2ccc(N(c3ccc(-c4ccccc4)cc3)c3ccc(-c4ccccc4)cc3)cc2B2c3c(cc4c(c31)-c1ccccc1C4(C)C)-c1cc(-c3ccccc3)ccc1N2c1cccc(-c2ccccc2)c1. The van der Waals surface area contributed by atoms with Crippen LogP contribution in [0.5, 0.6) is 0 Å². The molecule has 2 aliphatic heterocycles. The van der Waals surface area contributed by atoms with Crippen LogP contribution in [-0.4, -0.2) is 6.85 Å². The van der Waals surface area contributed by atoms with Crippen molar-refractivity contribution in [3.05, 3.63) is 326 Å². The summed E-state index contributed by atoms with van der Waals surface area (Å²) in [6.45, 7) is 6.89. The van der Waals surface area contributed by atoms with Crippen LogP contribution < -0.4 is 25.5 Å². The van der Waals surface area contributed by atoms with Crippen molar-refractivity contribution in [2.24, 2.45) is 0 Å². The molecule has 0 unspecified atom stereocenters. The van der Waals surface area contributed by atoms with Crippen molar-refractivity contribution < 1.29 is 0 Å². The molecule has 0 saturated heterocycles. The van der Waals surface area contributed by atoms with Crippen LogP contribution in [0.15, 0.2) is 309 Å². The van der Waals surface area contributed by atoms with Gasteiger partial charge in [-0.1, -0.05) is 238 Å². The van der Waals surface area contributed by atoms with Crippen LogP contribution in [0, 0.1) is 6.92 Å². The van der Waals surface area contributed by atoms with E-state index in [0.717, 1.165) is 34.1 Å². The smallest absolute Gasteiger partial charge is 0.333 e. The molecule has 2 heterocycles. The van der Waals surface area contributed by atoms with Gasteiger partial charge >= 0.3 is 6.85 Å². The van der Waals surface area contributed by atoms with Gasteiger partial charge in [-0.3, -0.25) is 0 Å². The normalized spacial score (nSPS) is 13.1. The van der Waals surface area contributed by atoms with Gasteiger partial charge in [-0.25, -0.2) is 0 Å². The molecule has 3 nitrogen and oxygen atoms in total. The van der Waals surface area contributed by atoms with Gasteiger partial charge in [0.05, 0.1) is 5.69 Å². The molecule has 0 fully saturated rings. The molecule has 13 aromatic rings. The quantitative estimate of drug-likeness (QED) is 0.126. The number of anilines is 8. The Morgan fingerprint density at radius 2 is 0.767 bits per heavy atom. The van der Waals surface area contributed by atoms with Crippen molar-refractivity contribution in [1.29, 1.82) is 0 Å². The monoisotopic (exact) mass is 1100 g/mol. The third kappa shape index (κ3) is 8.43. The second kappa shape index (κ2) is 20.6. The maximum absolute atomic E-state index is 2.68. The summed E-state index contributed by atoms with van der Waals surface area (Å²) in [6.07, 6.45) is 0. The number of benzene rings is 13. The number of hydrogen-bond donors (Lipinski definition) is 0. The van der Waals surface area contributed by atoms with Gasteiger partial charge in [-0.2, -0.15) is 0 Å². The first-order chi connectivity index (χ1) is 42.3. The molecule has 0 N–H and O–H groups in total. The molecule has 86 heavy (non-hydrogen) atoms. The highest BCUT2D eigenvalue weighted by molar-refractivity contribution is 6.94. The zero-order valence-electron chi connectivity index (χ0n) is 48.4. The summed E-state index contributed by atoms with van der Waals surface area (Å²) in [5.41, 5.74) is 32.1. The summed E-state index contributed by atoms with van der Waals surface area (Å²) in [5, 5.41) is 0. The number of fused-ring (bicyclic) bond motifs is 8. The van der Waals surface area contributed by atoms with Crippen LogP contribution in [0.3, 0.4) is 0 Å². The van der Waals surface area contributed by atoms with Gasteiger partial charge in [0.15, 0.2) is 0 Å². The number of aryl methyl sites for hydroxylation is 1. The average Bonchev–Trinajstić information content (AvgIpc) is 1.25. The van der Waals surface area contributed by atoms with E-state index in [4.69, 9.17) is 0 Å². The molecule has 0 aromatic heterocycles. The summed E-state index contributed by atoms with van der Waals surface area (Å²) >= 11 is 0. The lowest BCUT2D eigenvalue weighted by Crippen LogP contribution is -2.62. The molecule has 0 spiro atoms. The standard InChI is InChI=1S/C82H60BN3/c1-55-50-64(59-28-15-7-16-29-59)40-47-76(55)85-78-49-46-68(84(66-42-36-61(37-43-66)56-22-9-4-10-23-56)67-44-38-62(39-45-67)57-24-11-5-12-25-57)53-75(78)83-80-72(54-74-79(81(80)85)70-34-19-20-35-73(70)82(74,2)3)71-52-65(60-30-17-8-18-31-60)41-48-77(71)86(83)69-33-21-32-63(51-69)58-26-13-6-14-27-58/h4-54H,1-3H3. The number of nitrogens with zero attached hydrogens (tertiary/aromatic N) is 3.